The Morgan fingerprint density at radius 3 is 1.42 bits per heavy atom. The average molecular weight is 430 g/mol. The highest BCUT2D eigenvalue weighted by molar-refractivity contribution is 5.89. The van der Waals surface area contributed by atoms with Crippen LogP contribution in [-0.2, 0) is 24.3 Å². The fourth-order valence-electron chi connectivity index (χ4n) is 2.58. The van der Waals surface area contributed by atoms with Gasteiger partial charge in [-0.15, -0.1) is 9.78 Å². The summed E-state index contributed by atoms with van der Waals surface area (Å²) in [5, 5.41) is 0. The highest BCUT2D eigenvalue weighted by atomic mass is 17.3. The Bertz CT molecular complexity index is 759. The molecule has 2 aromatic rings. The van der Waals surface area contributed by atoms with Gasteiger partial charge in [0.1, 0.15) is 6.61 Å². The maximum Gasteiger partial charge on any atom is 0.373 e. The Hall–Kier alpha value is -2.74. The Kier molecular flexibility index (Phi) is 9.65. The van der Waals surface area contributed by atoms with Crippen LogP contribution >= 0.6 is 0 Å². The van der Waals surface area contributed by atoms with E-state index in [9.17, 15) is 9.59 Å². The average Bonchev–Trinajstić information content (AvgIpc) is 2.78. The molecule has 2 aromatic carbocycles. The van der Waals surface area contributed by atoms with Gasteiger partial charge >= 0.3 is 11.9 Å². The molecule has 0 amide bonds. The monoisotopic (exact) mass is 430 g/mol. The summed E-state index contributed by atoms with van der Waals surface area (Å²) in [6.07, 6.45) is -1.24. The van der Waals surface area contributed by atoms with Crippen molar-refractivity contribution in [2.45, 2.75) is 52.7 Å². The second kappa shape index (κ2) is 12.2. The molecule has 0 fully saturated rings. The summed E-state index contributed by atoms with van der Waals surface area (Å²) in [5.41, 5.74) is 2.84. The summed E-state index contributed by atoms with van der Waals surface area (Å²) in [6, 6.07) is 14.0. The molecule has 168 valence electrons. The van der Waals surface area contributed by atoms with Gasteiger partial charge in [0.25, 0.3) is 6.29 Å². The number of rotatable bonds is 11. The molecule has 0 aromatic heterocycles. The van der Waals surface area contributed by atoms with Crippen LogP contribution in [0.15, 0.2) is 48.5 Å². The van der Waals surface area contributed by atoms with Crippen LogP contribution in [0.2, 0.25) is 0 Å². The second-order valence-corrected chi connectivity index (χ2v) is 7.58. The number of carbonyl (C=O) groups is 2. The molecule has 0 N–H and O–H groups in total. The van der Waals surface area contributed by atoms with Crippen LogP contribution in [0.5, 0.6) is 0 Å². The maximum atomic E-state index is 12.2. The van der Waals surface area contributed by atoms with Crippen LogP contribution in [0.3, 0.4) is 0 Å². The molecule has 2 rings (SSSR count). The Morgan fingerprint density at radius 1 is 0.710 bits per heavy atom. The molecular formula is C24H30O7. The minimum atomic E-state index is -1.24. The number of carbonyl (C=O) groups excluding carboxylic acids is 2. The van der Waals surface area contributed by atoms with Gasteiger partial charge in [0.15, 0.2) is 0 Å². The summed E-state index contributed by atoms with van der Waals surface area (Å²) < 4.78 is 5.22. The molecule has 0 saturated carbocycles. The summed E-state index contributed by atoms with van der Waals surface area (Å²) in [5.74, 6) is -0.699. The van der Waals surface area contributed by atoms with Crippen LogP contribution in [-0.4, -0.2) is 31.4 Å². The van der Waals surface area contributed by atoms with Crippen molar-refractivity contribution in [3.8, 4) is 0 Å². The van der Waals surface area contributed by atoms with E-state index in [1.54, 1.807) is 31.2 Å². The van der Waals surface area contributed by atoms with Gasteiger partial charge < -0.3 is 4.74 Å². The van der Waals surface area contributed by atoms with E-state index in [1.165, 1.54) is 0 Å². The highest BCUT2D eigenvalue weighted by Gasteiger charge is 2.20. The first kappa shape index (κ1) is 24.5. The van der Waals surface area contributed by atoms with Gasteiger partial charge in [-0.25, -0.2) is 9.59 Å². The predicted molar refractivity (Wildman–Crippen MR) is 114 cm³/mol. The fourth-order valence-corrected chi connectivity index (χ4v) is 2.58. The van der Waals surface area contributed by atoms with Crippen molar-refractivity contribution < 1.29 is 33.9 Å². The molecule has 0 spiro atoms. The van der Waals surface area contributed by atoms with Gasteiger partial charge in [0.05, 0.1) is 11.1 Å². The van der Waals surface area contributed by atoms with E-state index in [0.29, 0.717) is 29.6 Å². The second-order valence-electron chi connectivity index (χ2n) is 7.58. The van der Waals surface area contributed by atoms with Crippen LogP contribution in [0.4, 0.5) is 0 Å². The molecular weight excluding hydrogens is 400 g/mol. The summed E-state index contributed by atoms with van der Waals surface area (Å²) in [4.78, 5) is 44.1. The van der Waals surface area contributed by atoms with Crippen molar-refractivity contribution in [2.24, 2.45) is 0 Å². The summed E-state index contributed by atoms with van der Waals surface area (Å²) >= 11 is 0. The van der Waals surface area contributed by atoms with E-state index in [-0.39, 0.29) is 6.61 Å². The van der Waals surface area contributed by atoms with Crippen molar-refractivity contribution in [1.82, 2.24) is 0 Å². The minimum absolute atomic E-state index is 0.102. The molecule has 7 heteroatoms. The first-order chi connectivity index (χ1) is 14.8. The van der Waals surface area contributed by atoms with E-state index in [0.717, 1.165) is 11.1 Å². The van der Waals surface area contributed by atoms with E-state index < -0.39 is 18.2 Å². The topological polar surface area (TPSA) is 80.3 Å². The smallest absolute Gasteiger partial charge is 0.373 e. The van der Waals surface area contributed by atoms with Crippen LogP contribution in [0.1, 0.15) is 78.3 Å². The largest absolute Gasteiger partial charge is 0.376 e. The van der Waals surface area contributed by atoms with Crippen LogP contribution < -0.4 is 0 Å². The fraction of sp³-hybridized carbons (Fsp3) is 0.417. The standard InChI is InChI=1S/C24H30O7/c1-6-27-15-22(28-30-23(25)20-11-7-18(8-12-20)16(2)3)29-31-24(26)21-13-9-19(10-14-21)17(4)5/h7-14,16-17,22H,6,15H2,1-5H3. The number of hydrogen-bond acceptors (Lipinski definition) is 7. The molecule has 7 nitrogen and oxygen atoms in total. The molecule has 0 bridgehead atoms. The van der Waals surface area contributed by atoms with E-state index >= 15 is 0 Å². The third-order valence-corrected chi connectivity index (χ3v) is 4.55. The zero-order valence-electron chi connectivity index (χ0n) is 18.6. The number of benzene rings is 2. The van der Waals surface area contributed by atoms with E-state index in [2.05, 4.69) is 27.7 Å². The molecule has 31 heavy (non-hydrogen) atoms. The molecule has 0 heterocycles. The lowest BCUT2D eigenvalue weighted by Gasteiger charge is -2.15. The van der Waals surface area contributed by atoms with Gasteiger partial charge in [-0.3, -0.25) is 9.78 Å². The Morgan fingerprint density at radius 2 is 1.10 bits per heavy atom. The summed E-state index contributed by atoms with van der Waals surface area (Å²) in [7, 11) is 0. The van der Waals surface area contributed by atoms with Crippen LogP contribution in [0.25, 0.3) is 0 Å². The van der Waals surface area contributed by atoms with Crippen molar-refractivity contribution in [3.63, 3.8) is 0 Å². The van der Waals surface area contributed by atoms with Crippen molar-refractivity contribution in [3.05, 3.63) is 70.8 Å². The third-order valence-electron chi connectivity index (χ3n) is 4.55. The van der Waals surface area contributed by atoms with Crippen molar-refractivity contribution >= 4 is 11.9 Å². The van der Waals surface area contributed by atoms with Gasteiger partial charge in [0, 0.05) is 6.61 Å². The van der Waals surface area contributed by atoms with E-state index in [1.807, 2.05) is 24.3 Å². The maximum absolute atomic E-state index is 12.2. The Balaban J connectivity index is 1.90. The highest BCUT2D eigenvalue weighted by Crippen LogP contribution is 2.17. The molecule has 0 saturated heterocycles. The normalized spacial score (nSPS) is 11.2. The first-order valence-corrected chi connectivity index (χ1v) is 10.3. The lowest BCUT2D eigenvalue weighted by Crippen LogP contribution is -2.27. The molecule has 0 unspecified atom stereocenters. The van der Waals surface area contributed by atoms with Gasteiger partial charge in [-0.2, -0.15) is 0 Å². The quantitative estimate of drug-likeness (QED) is 0.276. The number of ether oxygens (including phenoxy) is 1. The number of hydrogen-bond donors (Lipinski definition) is 0. The van der Waals surface area contributed by atoms with Gasteiger partial charge in [0.2, 0.25) is 0 Å². The molecule has 0 aliphatic heterocycles. The van der Waals surface area contributed by atoms with Crippen LogP contribution in [0, 0.1) is 0 Å². The summed E-state index contributed by atoms with van der Waals surface area (Å²) in [6.45, 7) is 10.3. The Labute approximate surface area is 183 Å². The third kappa shape index (κ3) is 7.79. The van der Waals surface area contributed by atoms with E-state index in [4.69, 9.17) is 24.3 Å². The predicted octanol–water partition coefficient (Wildman–Crippen LogP) is 5.17. The lowest BCUT2D eigenvalue weighted by molar-refractivity contribution is -0.426. The lowest BCUT2D eigenvalue weighted by atomic mass is 10.0. The SMILES string of the molecule is CCOCC(OOC(=O)c1ccc(C(C)C)cc1)OOC(=O)c1ccc(C(C)C)cc1. The van der Waals surface area contributed by atoms with Gasteiger partial charge in [-0.05, 0) is 54.2 Å². The first-order valence-electron chi connectivity index (χ1n) is 10.3. The molecule has 0 aliphatic rings. The minimum Gasteiger partial charge on any atom is -0.376 e. The molecule has 0 atom stereocenters. The molecule has 0 radical (unpaired) electrons. The zero-order valence-corrected chi connectivity index (χ0v) is 18.6. The zero-order chi connectivity index (χ0) is 22.8. The van der Waals surface area contributed by atoms with Crippen molar-refractivity contribution in [2.75, 3.05) is 13.2 Å². The van der Waals surface area contributed by atoms with Crippen molar-refractivity contribution in [1.29, 1.82) is 0 Å². The van der Waals surface area contributed by atoms with Gasteiger partial charge in [-0.1, -0.05) is 52.0 Å². The molecule has 0 aliphatic carbocycles.